The van der Waals surface area contributed by atoms with Gasteiger partial charge in [-0.1, -0.05) is 70.4 Å². The number of carbonyl (C=O) groups excluding carboxylic acids is 1. The molecule has 8 heteroatoms. The van der Waals surface area contributed by atoms with Gasteiger partial charge in [0, 0.05) is 31.7 Å². The van der Waals surface area contributed by atoms with Crippen molar-refractivity contribution in [2.45, 2.75) is 79.7 Å². The van der Waals surface area contributed by atoms with E-state index in [0.717, 1.165) is 43.7 Å². The molecule has 0 bridgehead atoms. The summed E-state index contributed by atoms with van der Waals surface area (Å²) in [5.41, 5.74) is 1.30. The van der Waals surface area contributed by atoms with Crippen LogP contribution in [0.15, 0.2) is 9.70 Å². The Morgan fingerprint density at radius 2 is 1.77 bits per heavy atom. The number of hydrogen-bond acceptors (Lipinski definition) is 6. The van der Waals surface area contributed by atoms with Crippen LogP contribution in [0.4, 0.5) is 5.82 Å². The van der Waals surface area contributed by atoms with Crippen LogP contribution in [0.5, 0.6) is 0 Å². The van der Waals surface area contributed by atoms with Crippen molar-refractivity contribution in [1.82, 2.24) is 9.47 Å². The fraction of sp³-hybridized carbons (Fsp3) is 0.630. The number of piperidine rings is 1. The van der Waals surface area contributed by atoms with Gasteiger partial charge in [0.25, 0.3) is 11.5 Å². The molecule has 2 saturated heterocycles. The van der Waals surface area contributed by atoms with Crippen LogP contribution in [0, 0.1) is 30.1 Å². The van der Waals surface area contributed by atoms with Gasteiger partial charge in [-0.2, -0.15) is 5.26 Å². The molecule has 0 N–H and O–H groups in total. The van der Waals surface area contributed by atoms with Crippen molar-refractivity contribution in [2.24, 2.45) is 11.8 Å². The van der Waals surface area contributed by atoms with E-state index < -0.39 is 0 Å². The fourth-order valence-electron chi connectivity index (χ4n) is 5.31. The normalized spacial score (nSPS) is 21.8. The first kappa shape index (κ1) is 27.5. The molecular weight excluding hydrogens is 476 g/mol. The number of pyridine rings is 1. The van der Waals surface area contributed by atoms with Gasteiger partial charge in [0.15, 0.2) is 0 Å². The van der Waals surface area contributed by atoms with E-state index in [1.165, 1.54) is 31.0 Å². The number of nitriles is 1. The average molecular weight is 515 g/mol. The summed E-state index contributed by atoms with van der Waals surface area (Å²) >= 11 is 6.88. The number of thioether (sulfide) groups is 1. The lowest BCUT2D eigenvalue weighted by Crippen LogP contribution is -2.42. The van der Waals surface area contributed by atoms with E-state index in [2.05, 4.69) is 31.7 Å². The first-order chi connectivity index (χ1) is 16.7. The Balaban J connectivity index is 2.04. The number of rotatable bonds is 9. The zero-order valence-corrected chi connectivity index (χ0v) is 23.4. The molecule has 2 atom stereocenters. The lowest BCUT2D eigenvalue weighted by Gasteiger charge is -2.38. The molecule has 190 valence electrons. The molecule has 2 fully saturated rings. The second-order valence-electron chi connectivity index (χ2n) is 10.00. The topological polar surface area (TPSA) is 69.3 Å². The molecule has 0 aromatic carbocycles. The number of hydrogen-bond donors (Lipinski definition) is 0. The highest BCUT2D eigenvalue weighted by atomic mass is 32.2. The quantitative estimate of drug-likeness (QED) is 0.239. The largest absolute Gasteiger partial charge is 0.357 e. The molecule has 2 unspecified atom stereocenters. The van der Waals surface area contributed by atoms with Crippen molar-refractivity contribution in [3.8, 4) is 6.07 Å². The highest BCUT2D eigenvalue weighted by molar-refractivity contribution is 8.26. The summed E-state index contributed by atoms with van der Waals surface area (Å²) in [6.45, 7) is 13.2. The third kappa shape index (κ3) is 6.00. The van der Waals surface area contributed by atoms with Gasteiger partial charge in [0.2, 0.25) is 0 Å². The van der Waals surface area contributed by atoms with Gasteiger partial charge >= 0.3 is 0 Å². The van der Waals surface area contributed by atoms with Crippen molar-refractivity contribution < 1.29 is 4.79 Å². The smallest absolute Gasteiger partial charge is 0.270 e. The average Bonchev–Trinajstić information content (AvgIpc) is 3.07. The Bertz CT molecular complexity index is 1090. The molecule has 0 spiro atoms. The summed E-state index contributed by atoms with van der Waals surface area (Å²) in [6.07, 6.45) is 8.61. The van der Waals surface area contributed by atoms with Crippen LogP contribution in [0.25, 0.3) is 6.08 Å². The summed E-state index contributed by atoms with van der Waals surface area (Å²) in [4.78, 5) is 31.1. The Hall–Kier alpha value is -2.11. The van der Waals surface area contributed by atoms with E-state index in [1.807, 2.05) is 19.9 Å². The molecule has 3 rings (SSSR count). The van der Waals surface area contributed by atoms with E-state index in [4.69, 9.17) is 12.2 Å². The standard InChI is InChI=1S/C27H38N4O2S2/c1-6-8-9-10-11-12-31-26(33)23(35-27(31)34)14-21-20(5)22(15-28)25(32)30(7-2)24(21)29-16-18(3)13-19(4)17-29/h14,18-19H,6-13,16-17H2,1-5H3. The Morgan fingerprint density at radius 3 is 2.37 bits per heavy atom. The van der Waals surface area contributed by atoms with Crippen LogP contribution in [0.1, 0.15) is 82.9 Å². The second-order valence-corrected chi connectivity index (χ2v) is 11.7. The maximum Gasteiger partial charge on any atom is 0.270 e. The molecule has 35 heavy (non-hydrogen) atoms. The Kier molecular flexibility index (Phi) is 9.60. The second kappa shape index (κ2) is 12.2. The molecule has 3 heterocycles. The molecule has 0 aliphatic carbocycles. The molecule has 1 aromatic heterocycles. The van der Waals surface area contributed by atoms with Crippen molar-refractivity contribution in [2.75, 3.05) is 24.5 Å². The molecular formula is C27H38N4O2S2. The van der Waals surface area contributed by atoms with E-state index >= 15 is 0 Å². The fourth-order valence-corrected chi connectivity index (χ4v) is 6.60. The summed E-state index contributed by atoms with van der Waals surface area (Å²) < 4.78 is 2.29. The van der Waals surface area contributed by atoms with Gasteiger partial charge in [-0.05, 0) is 50.2 Å². The highest BCUT2D eigenvalue weighted by Crippen LogP contribution is 2.37. The number of amides is 1. The zero-order chi connectivity index (χ0) is 25.7. The first-order valence-electron chi connectivity index (χ1n) is 12.9. The van der Waals surface area contributed by atoms with Gasteiger partial charge in [-0.25, -0.2) is 0 Å². The summed E-state index contributed by atoms with van der Waals surface area (Å²) in [5.74, 6) is 1.73. The zero-order valence-electron chi connectivity index (χ0n) is 21.7. The Morgan fingerprint density at radius 1 is 1.11 bits per heavy atom. The van der Waals surface area contributed by atoms with Crippen LogP contribution in [-0.2, 0) is 11.3 Å². The SMILES string of the molecule is CCCCCCCN1C(=O)C(=Cc2c(C)c(C#N)c(=O)n(CC)c2N2CC(C)CC(C)C2)SC1=S. The van der Waals surface area contributed by atoms with Crippen LogP contribution in [0.2, 0.25) is 0 Å². The molecule has 2 aliphatic rings. The van der Waals surface area contributed by atoms with Crippen LogP contribution >= 0.6 is 24.0 Å². The maximum absolute atomic E-state index is 13.3. The van der Waals surface area contributed by atoms with Crippen molar-refractivity contribution >= 4 is 46.1 Å². The van der Waals surface area contributed by atoms with Crippen molar-refractivity contribution in [1.29, 1.82) is 5.26 Å². The van der Waals surface area contributed by atoms with Gasteiger partial charge in [-0.3, -0.25) is 19.1 Å². The Labute approximate surface area is 219 Å². The van der Waals surface area contributed by atoms with Gasteiger partial charge < -0.3 is 4.90 Å². The lowest BCUT2D eigenvalue weighted by atomic mass is 9.91. The van der Waals surface area contributed by atoms with Crippen LogP contribution in [0.3, 0.4) is 0 Å². The molecule has 2 aliphatic heterocycles. The van der Waals surface area contributed by atoms with Gasteiger partial charge in [0.05, 0.1) is 4.91 Å². The summed E-state index contributed by atoms with van der Waals surface area (Å²) in [5, 5.41) is 9.79. The van der Waals surface area contributed by atoms with Crippen molar-refractivity contribution in [3.63, 3.8) is 0 Å². The number of unbranched alkanes of at least 4 members (excludes halogenated alkanes) is 4. The minimum Gasteiger partial charge on any atom is -0.357 e. The van der Waals surface area contributed by atoms with E-state index in [-0.39, 0.29) is 17.0 Å². The lowest BCUT2D eigenvalue weighted by molar-refractivity contribution is -0.122. The van der Waals surface area contributed by atoms with E-state index in [9.17, 15) is 14.9 Å². The molecule has 0 saturated carbocycles. The third-order valence-corrected chi connectivity index (χ3v) is 8.34. The number of anilines is 1. The maximum atomic E-state index is 13.3. The molecule has 1 aromatic rings. The highest BCUT2D eigenvalue weighted by Gasteiger charge is 2.33. The molecule has 0 radical (unpaired) electrons. The summed E-state index contributed by atoms with van der Waals surface area (Å²) in [7, 11) is 0. The molecule has 6 nitrogen and oxygen atoms in total. The predicted molar refractivity (Wildman–Crippen MR) is 150 cm³/mol. The van der Waals surface area contributed by atoms with E-state index in [0.29, 0.717) is 39.7 Å². The summed E-state index contributed by atoms with van der Waals surface area (Å²) in [6, 6.07) is 2.12. The van der Waals surface area contributed by atoms with Crippen LogP contribution in [-0.4, -0.2) is 39.3 Å². The first-order valence-corrected chi connectivity index (χ1v) is 14.1. The van der Waals surface area contributed by atoms with Gasteiger partial charge in [-0.15, -0.1) is 0 Å². The predicted octanol–water partition coefficient (Wildman–Crippen LogP) is 5.70. The van der Waals surface area contributed by atoms with E-state index in [1.54, 1.807) is 9.47 Å². The van der Waals surface area contributed by atoms with Crippen LogP contribution < -0.4 is 10.5 Å². The third-order valence-electron chi connectivity index (χ3n) is 6.97. The minimum absolute atomic E-state index is 0.0750. The van der Waals surface area contributed by atoms with Crippen molar-refractivity contribution in [3.05, 3.63) is 31.9 Å². The minimum atomic E-state index is -0.259. The number of nitrogens with zero attached hydrogens (tertiary/aromatic N) is 4. The van der Waals surface area contributed by atoms with Gasteiger partial charge in [0.1, 0.15) is 21.8 Å². The molecule has 1 amide bonds. The number of thiocarbonyl (C=S) groups is 1. The monoisotopic (exact) mass is 514 g/mol. The number of aromatic nitrogens is 1. The number of carbonyl (C=O) groups is 1.